The maximum absolute atomic E-state index is 11.9. The second kappa shape index (κ2) is 5.28. The number of carbonyl (C=O) groups excluding carboxylic acids is 2. The highest BCUT2D eigenvalue weighted by atomic mass is 16.5. The number of carbonyl (C=O) groups is 2. The van der Waals surface area contributed by atoms with Crippen LogP contribution in [0.2, 0.25) is 0 Å². The van der Waals surface area contributed by atoms with Crippen molar-refractivity contribution in [3.63, 3.8) is 0 Å². The molecule has 3 nitrogen and oxygen atoms in total. The van der Waals surface area contributed by atoms with Crippen LogP contribution in [0.15, 0.2) is 12.2 Å². The topological polar surface area (TPSA) is 43.4 Å². The minimum Gasteiger partial charge on any atom is -0.461 e. The molecule has 0 radical (unpaired) electrons. The van der Waals surface area contributed by atoms with Crippen molar-refractivity contribution in [3.05, 3.63) is 12.2 Å². The summed E-state index contributed by atoms with van der Waals surface area (Å²) < 4.78 is 5.04. The molecular formula is C13H20O3. The van der Waals surface area contributed by atoms with Crippen molar-refractivity contribution in [1.82, 2.24) is 0 Å². The van der Waals surface area contributed by atoms with E-state index in [9.17, 15) is 9.59 Å². The average molecular weight is 224 g/mol. The zero-order valence-corrected chi connectivity index (χ0v) is 10.3. The largest absolute Gasteiger partial charge is 0.461 e. The van der Waals surface area contributed by atoms with Gasteiger partial charge in [0.15, 0.2) is 0 Å². The summed E-state index contributed by atoms with van der Waals surface area (Å²) in [7, 11) is 0. The van der Waals surface area contributed by atoms with Gasteiger partial charge in [-0.1, -0.05) is 32.9 Å². The van der Waals surface area contributed by atoms with Crippen LogP contribution >= 0.6 is 0 Å². The summed E-state index contributed by atoms with van der Waals surface area (Å²) in [5.74, 6) is 0.0325. The SMILES string of the molecule is C[C@H]1C/C=C/COC(=O)CC(C)(C)CC1=O. The number of ketones is 1. The predicted molar refractivity (Wildman–Crippen MR) is 61.9 cm³/mol. The fourth-order valence-corrected chi connectivity index (χ4v) is 1.79. The highest BCUT2D eigenvalue weighted by Gasteiger charge is 2.28. The number of rotatable bonds is 0. The van der Waals surface area contributed by atoms with Crippen molar-refractivity contribution in [2.75, 3.05) is 6.61 Å². The van der Waals surface area contributed by atoms with Crippen LogP contribution in [-0.4, -0.2) is 18.4 Å². The summed E-state index contributed by atoms with van der Waals surface area (Å²) in [6.07, 6.45) is 5.19. The Labute approximate surface area is 96.9 Å². The second-order valence-corrected chi connectivity index (χ2v) is 5.28. The number of ether oxygens (including phenoxy) is 1. The molecule has 0 spiro atoms. The maximum atomic E-state index is 11.9. The normalized spacial score (nSPS) is 29.1. The fraction of sp³-hybridized carbons (Fsp3) is 0.692. The molecule has 16 heavy (non-hydrogen) atoms. The molecule has 1 heterocycles. The van der Waals surface area contributed by atoms with Crippen LogP contribution in [0.5, 0.6) is 0 Å². The molecule has 0 unspecified atom stereocenters. The minimum atomic E-state index is -0.299. The summed E-state index contributed by atoms with van der Waals surface area (Å²) in [5.41, 5.74) is -0.299. The van der Waals surface area contributed by atoms with Crippen LogP contribution in [0.4, 0.5) is 0 Å². The molecule has 0 aromatic carbocycles. The highest BCUT2D eigenvalue weighted by Crippen LogP contribution is 2.28. The van der Waals surface area contributed by atoms with Gasteiger partial charge in [-0.2, -0.15) is 0 Å². The summed E-state index contributed by atoms with van der Waals surface area (Å²) in [6, 6.07) is 0. The molecule has 3 heteroatoms. The zero-order chi connectivity index (χ0) is 12.2. The van der Waals surface area contributed by atoms with Gasteiger partial charge in [-0.05, 0) is 11.8 Å². The Morgan fingerprint density at radius 3 is 2.62 bits per heavy atom. The Bertz CT molecular complexity index is 302. The Morgan fingerprint density at radius 1 is 1.25 bits per heavy atom. The third-order valence-corrected chi connectivity index (χ3v) is 2.82. The lowest BCUT2D eigenvalue weighted by atomic mass is 9.81. The molecule has 1 atom stereocenters. The molecule has 0 aromatic rings. The Kier molecular flexibility index (Phi) is 4.27. The van der Waals surface area contributed by atoms with Gasteiger partial charge in [0.05, 0.1) is 6.42 Å². The first-order valence-corrected chi connectivity index (χ1v) is 5.74. The molecule has 0 amide bonds. The van der Waals surface area contributed by atoms with Crippen molar-refractivity contribution >= 4 is 11.8 Å². The van der Waals surface area contributed by atoms with Gasteiger partial charge in [0.1, 0.15) is 12.4 Å². The van der Waals surface area contributed by atoms with E-state index in [-0.39, 0.29) is 23.1 Å². The molecule has 0 aliphatic carbocycles. The van der Waals surface area contributed by atoms with Gasteiger partial charge < -0.3 is 4.74 Å². The second-order valence-electron chi connectivity index (χ2n) is 5.28. The van der Waals surface area contributed by atoms with E-state index in [2.05, 4.69) is 0 Å². The molecule has 1 rings (SSSR count). The van der Waals surface area contributed by atoms with Crippen LogP contribution in [0.1, 0.15) is 40.0 Å². The van der Waals surface area contributed by atoms with Gasteiger partial charge >= 0.3 is 5.97 Å². The van der Waals surface area contributed by atoms with E-state index in [4.69, 9.17) is 4.74 Å². The predicted octanol–water partition coefficient (Wildman–Crippen LogP) is 2.50. The molecule has 0 fully saturated rings. The van der Waals surface area contributed by atoms with E-state index in [0.29, 0.717) is 19.4 Å². The van der Waals surface area contributed by atoms with Crippen molar-refractivity contribution in [1.29, 1.82) is 0 Å². The van der Waals surface area contributed by atoms with Crippen molar-refractivity contribution < 1.29 is 14.3 Å². The van der Waals surface area contributed by atoms with E-state index in [0.717, 1.165) is 6.42 Å². The van der Waals surface area contributed by atoms with Gasteiger partial charge in [-0.15, -0.1) is 0 Å². The van der Waals surface area contributed by atoms with Gasteiger partial charge in [0.2, 0.25) is 0 Å². The van der Waals surface area contributed by atoms with Crippen LogP contribution in [0.25, 0.3) is 0 Å². The van der Waals surface area contributed by atoms with Gasteiger partial charge in [-0.25, -0.2) is 0 Å². The van der Waals surface area contributed by atoms with Crippen LogP contribution in [0.3, 0.4) is 0 Å². The molecule has 1 aliphatic heterocycles. The first kappa shape index (κ1) is 12.9. The Hall–Kier alpha value is -1.12. The molecule has 0 N–H and O–H groups in total. The number of allylic oxidation sites excluding steroid dienone is 1. The summed E-state index contributed by atoms with van der Waals surface area (Å²) in [6.45, 7) is 6.12. The zero-order valence-electron chi connectivity index (χ0n) is 10.3. The molecular weight excluding hydrogens is 204 g/mol. The molecule has 90 valence electrons. The lowest BCUT2D eigenvalue weighted by Gasteiger charge is -2.23. The quantitative estimate of drug-likeness (QED) is 0.469. The monoisotopic (exact) mass is 224 g/mol. The smallest absolute Gasteiger partial charge is 0.306 e. The number of Topliss-reactive ketones (excluding diaryl/α,β-unsaturated/α-hetero) is 1. The van der Waals surface area contributed by atoms with Crippen molar-refractivity contribution in [2.24, 2.45) is 11.3 Å². The third-order valence-electron chi connectivity index (χ3n) is 2.82. The minimum absolute atomic E-state index is 0.0312. The molecule has 1 aliphatic rings. The van der Waals surface area contributed by atoms with Crippen LogP contribution in [-0.2, 0) is 14.3 Å². The lowest BCUT2D eigenvalue weighted by molar-refractivity contribution is -0.145. The van der Waals surface area contributed by atoms with Crippen molar-refractivity contribution in [3.8, 4) is 0 Å². The van der Waals surface area contributed by atoms with Gasteiger partial charge in [0, 0.05) is 12.3 Å². The number of esters is 1. The van der Waals surface area contributed by atoms with E-state index in [1.165, 1.54) is 0 Å². The summed E-state index contributed by atoms with van der Waals surface area (Å²) in [4.78, 5) is 23.3. The van der Waals surface area contributed by atoms with Gasteiger partial charge in [0.25, 0.3) is 0 Å². The Balaban J connectivity index is 2.76. The standard InChI is InChI=1S/C13H20O3/c1-10-6-4-5-7-16-12(15)9-13(2,3)8-11(10)14/h4-5,10H,6-9H2,1-3H3/b5-4+/t10-/m0/s1. The molecule has 0 bridgehead atoms. The van der Waals surface area contributed by atoms with E-state index in [1.54, 1.807) is 6.08 Å². The summed E-state index contributed by atoms with van der Waals surface area (Å²) in [5, 5.41) is 0. The first-order valence-electron chi connectivity index (χ1n) is 5.74. The summed E-state index contributed by atoms with van der Waals surface area (Å²) >= 11 is 0. The first-order chi connectivity index (χ1) is 7.41. The van der Waals surface area contributed by atoms with Crippen molar-refractivity contribution in [2.45, 2.75) is 40.0 Å². The number of cyclic esters (lactones) is 1. The third kappa shape index (κ3) is 4.17. The van der Waals surface area contributed by atoms with Gasteiger partial charge in [-0.3, -0.25) is 9.59 Å². The van der Waals surface area contributed by atoms with Crippen LogP contribution < -0.4 is 0 Å². The molecule has 0 aromatic heterocycles. The molecule has 0 saturated heterocycles. The Morgan fingerprint density at radius 2 is 1.94 bits per heavy atom. The molecule has 0 saturated carbocycles. The van der Waals surface area contributed by atoms with E-state index in [1.807, 2.05) is 26.8 Å². The average Bonchev–Trinajstić information content (AvgIpc) is 2.15. The van der Waals surface area contributed by atoms with Crippen LogP contribution in [0, 0.1) is 11.3 Å². The van der Waals surface area contributed by atoms with E-state index >= 15 is 0 Å². The fourth-order valence-electron chi connectivity index (χ4n) is 1.79. The van der Waals surface area contributed by atoms with E-state index < -0.39 is 0 Å². The lowest BCUT2D eigenvalue weighted by Crippen LogP contribution is -2.24. The highest BCUT2D eigenvalue weighted by molar-refractivity contribution is 5.82. The maximum Gasteiger partial charge on any atom is 0.306 e. The number of hydrogen-bond donors (Lipinski definition) is 0. The number of hydrogen-bond acceptors (Lipinski definition) is 3.